The second kappa shape index (κ2) is 6.72. The number of carbonyl (C=O) groups is 1. The van der Waals surface area contributed by atoms with Crippen molar-refractivity contribution in [3.8, 4) is 0 Å². The fourth-order valence-corrected chi connectivity index (χ4v) is 6.90. The SMILES string of the molecule is CC[C@H](C)C(=O)N=C1S[C@H]2CS(=O)(=O)C[C@@H]2N1c1ccc(C)c(F)c1. The van der Waals surface area contributed by atoms with Crippen LogP contribution in [0.25, 0.3) is 0 Å². The first-order valence-corrected chi connectivity index (χ1v) is 11.0. The van der Waals surface area contributed by atoms with Crippen LogP contribution >= 0.6 is 11.8 Å². The molecule has 2 aliphatic rings. The average Bonchev–Trinajstić information content (AvgIpc) is 3.00. The quantitative estimate of drug-likeness (QED) is 0.802. The Morgan fingerprint density at radius 2 is 2.16 bits per heavy atom. The number of aliphatic imine (C=N–C) groups is 1. The molecule has 0 aromatic heterocycles. The highest BCUT2D eigenvalue weighted by molar-refractivity contribution is 8.16. The third-order valence-electron chi connectivity index (χ3n) is 4.74. The number of aryl methyl sites for hydroxylation is 1. The molecule has 5 nitrogen and oxygen atoms in total. The van der Waals surface area contributed by atoms with Gasteiger partial charge < -0.3 is 4.90 Å². The number of nitrogens with zero attached hydrogens (tertiary/aromatic N) is 2. The summed E-state index contributed by atoms with van der Waals surface area (Å²) in [6.07, 6.45) is 0.681. The second-order valence-electron chi connectivity index (χ2n) is 6.65. The van der Waals surface area contributed by atoms with Crippen LogP contribution in [0.2, 0.25) is 0 Å². The maximum absolute atomic E-state index is 14.0. The van der Waals surface area contributed by atoms with E-state index >= 15 is 0 Å². The first-order chi connectivity index (χ1) is 11.7. The lowest BCUT2D eigenvalue weighted by molar-refractivity contribution is -0.121. The molecule has 2 saturated heterocycles. The number of amidine groups is 1. The Labute approximate surface area is 151 Å². The van der Waals surface area contributed by atoms with Crippen molar-refractivity contribution in [3.05, 3.63) is 29.6 Å². The average molecular weight is 384 g/mol. The third kappa shape index (κ3) is 3.60. The number of amides is 1. The lowest BCUT2D eigenvalue weighted by Crippen LogP contribution is -2.38. The van der Waals surface area contributed by atoms with Crippen LogP contribution in [0.4, 0.5) is 10.1 Å². The van der Waals surface area contributed by atoms with E-state index in [1.54, 1.807) is 24.0 Å². The van der Waals surface area contributed by atoms with Crippen LogP contribution in [0.15, 0.2) is 23.2 Å². The van der Waals surface area contributed by atoms with Gasteiger partial charge in [0.25, 0.3) is 5.91 Å². The predicted octanol–water partition coefficient (Wildman–Crippen LogP) is 2.78. The number of sulfone groups is 1. The van der Waals surface area contributed by atoms with Crippen LogP contribution in [0.5, 0.6) is 0 Å². The van der Waals surface area contributed by atoms with Gasteiger partial charge in [0, 0.05) is 16.9 Å². The molecule has 0 unspecified atom stereocenters. The number of carbonyl (C=O) groups excluding carboxylic acids is 1. The molecule has 3 rings (SSSR count). The highest BCUT2D eigenvalue weighted by atomic mass is 32.2. The van der Waals surface area contributed by atoms with Crippen molar-refractivity contribution in [2.75, 3.05) is 16.4 Å². The van der Waals surface area contributed by atoms with E-state index < -0.39 is 9.84 Å². The van der Waals surface area contributed by atoms with Crippen molar-refractivity contribution in [2.45, 2.75) is 38.5 Å². The van der Waals surface area contributed by atoms with Gasteiger partial charge in [0.15, 0.2) is 15.0 Å². The standard InChI is InChI=1S/C17H21FN2O3S2/c1-4-10(2)16(21)19-17-20(12-6-5-11(3)13(18)7-12)14-8-25(22,23)9-15(14)24-17/h5-7,10,14-15H,4,8-9H2,1-3H3/t10-,14-,15-/m0/s1. The molecule has 1 aromatic carbocycles. The molecule has 2 heterocycles. The van der Waals surface area contributed by atoms with Gasteiger partial charge in [-0.15, -0.1) is 0 Å². The Bertz CT molecular complexity index is 838. The van der Waals surface area contributed by atoms with Gasteiger partial charge in [-0.25, -0.2) is 12.8 Å². The van der Waals surface area contributed by atoms with Gasteiger partial charge in [-0.1, -0.05) is 31.7 Å². The molecule has 0 aliphatic carbocycles. The Kier molecular flexibility index (Phi) is 4.94. The molecule has 8 heteroatoms. The number of halogens is 1. The summed E-state index contributed by atoms with van der Waals surface area (Å²) >= 11 is 1.31. The largest absolute Gasteiger partial charge is 0.315 e. The lowest BCUT2D eigenvalue weighted by Gasteiger charge is -2.25. The van der Waals surface area contributed by atoms with E-state index in [9.17, 15) is 17.6 Å². The van der Waals surface area contributed by atoms with Crippen molar-refractivity contribution in [3.63, 3.8) is 0 Å². The van der Waals surface area contributed by atoms with E-state index in [2.05, 4.69) is 4.99 Å². The molecule has 0 saturated carbocycles. The maximum atomic E-state index is 14.0. The smallest absolute Gasteiger partial charge is 0.250 e. The zero-order valence-corrected chi connectivity index (χ0v) is 16.0. The van der Waals surface area contributed by atoms with E-state index in [1.807, 2.05) is 13.8 Å². The van der Waals surface area contributed by atoms with Crippen molar-refractivity contribution in [1.29, 1.82) is 0 Å². The summed E-state index contributed by atoms with van der Waals surface area (Å²) in [6, 6.07) is 4.46. The van der Waals surface area contributed by atoms with Gasteiger partial charge in [-0.3, -0.25) is 4.79 Å². The van der Waals surface area contributed by atoms with Crippen LogP contribution in [-0.2, 0) is 14.6 Å². The molecule has 136 valence electrons. The zero-order valence-electron chi connectivity index (χ0n) is 14.4. The maximum Gasteiger partial charge on any atom is 0.250 e. The van der Waals surface area contributed by atoms with E-state index in [-0.39, 0.29) is 40.4 Å². The van der Waals surface area contributed by atoms with Gasteiger partial charge in [-0.2, -0.15) is 4.99 Å². The number of hydrogen-bond acceptors (Lipinski definition) is 4. The molecule has 3 atom stereocenters. The van der Waals surface area contributed by atoms with E-state index in [0.717, 1.165) is 0 Å². The molecule has 25 heavy (non-hydrogen) atoms. The molecule has 0 spiro atoms. The van der Waals surface area contributed by atoms with E-state index in [0.29, 0.717) is 22.8 Å². The predicted molar refractivity (Wildman–Crippen MR) is 99.3 cm³/mol. The van der Waals surface area contributed by atoms with Crippen LogP contribution in [0.3, 0.4) is 0 Å². The third-order valence-corrected chi connectivity index (χ3v) is 7.95. The molecule has 2 fully saturated rings. The fourth-order valence-electron chi connectivity index (χ4n) is 2.98. The highest BCUT2D eigenvalue weighted by Gasteiger charge is 2.49. The number of rotatable bonds is 3. The topological polar surface area (TPSA) is 66.8 Å². The summed E-state index contributed by atoms with van der Waals surface area (Å²) in [5.41, 5.74) is 1.05. The lowest BCUT2D eigenvalue weighted by atomic mass is 10.1. The minimum Gasteiger partial charge on any atom is -0.315 e. The summed E-state index contributed by atoms with van der Waals surface area (Å²) in [5, 5.41) is 0.288. The number of benzene rings is 1. The molecule has 1 amide bonds. The molecule has 0 bridgehead atoms. The van der Waals surface area contributed by atoms with Crippen LogP contribution < -0.4 is 4.90 Å². The van der Waals surface area contributed by atoms with Gasteiger partial charge in [0.05, 0.1) is 17.5 Å². The van der Waals surface area contributed by atoms with Crippen molar-refractivity contribution >= 4 is 38.4 Å². The van der Waals surface area contributed by atoms with Crippen LogP contribution in [-0.4, -0.2) is 42.3 Å². The first-order valence-electron chi connectivity index (χ1n) is 8.27. The number of anilines is 1. The normalized spacial score (nSPS) is 27.5. The number of thioether (sulfide) groups is 1. The molecule has 2 aliphatic heterocycles. The van der Waals surface area contributed by atoms with Crippen LogP contribution in [0, 0.1) is 18.7 Å². The Hall–Kier alpha value is -1.41. The van der Waals surface area contributed by atoms with Crippen LogP contribution in [0.1, 0.15) is 25.8 Å². The van der Waals surface area contributed by atoms with Gasteiger partial charge >= 0.3 is 0 Å². The van der Waals surface area contributed by atoms with Gasteiger partial charge in [-0.05, 0) is 31.0 Å². The monoisotopic (exact) mass is 384 g/mol. The Morgan fingerprint density at radius 1 is 1.44 bits per heavy atom. The molecule has 1 aromatic rings. The van der Waals surface area contributed by atoms with E-state index in [1.165, 1.54) is 17.8 Å². The molecular formula is C17H21FN2O3S2. The minimum atomic E-state index is -3.13. The summed E-state index contributed by atoms with van der Waals surface area (Å²) in [7, 11) is -3.13. The number of hydrogen-bond donors (Lipinski definition) is 0. The number of fused-ring (bicyclic) bond motifs is 1. The van der Waals surface area contributed by atoms with Crippen molar-refractivity contribution < 1.29 is 17.6 Å². The minimum absolute atomic E-state index is 0.00327. The zero-order chi connectivity index (χ0) is 18.4. The van der Waals surface area contributed by atoms with Gasteiger partial charge in [0.2, 0.25) is 0 Å². The first kappa shape index (κ1) is 18.4. The Balaban J connectivity index is 2.02. The highest BCUT2D eigenvalue weighted by Crippen LogP contribution is 2.41. The van der Waals surface area contributed by atoms with Crippen molar-refractivity contribution in [2.24, 2.45) is 10.9 Å². The van der Waals surface area contributed by atoms with E-state index in [4.69, 9.17) is 0 Å². The fraction of sp³-hybridized carbons (Fsp3) is 0.529. The Morgan fingerprint density at radius 3 is 2.80 bits per heavy atom. The summed E-state index contributed by atoms with van der Waals surface area (Å²) < 4.78 is 38.1. The molecule has 0 N–H and O–H groups in total. The summed E-state index contributed by atoms with van der Waals surface area (Å²) in [5.74, 6) is -0.737. The molecular weight excluding hydrogens is 363 g/mol. The summed E-state index contributed by atoms with van der Waals surface area (Å²) in [6.45, 7) is 5.40. The van der Waals surface area contributed by atoms with Gasteiger partial charge in [0.1, 0.15) is 5.82 Å². The second-order valence-corrected chi connectivity index (χ2v) is 10.0. The molecule has 0 radical (unpaired) electrons. The summed E-state index contributed by atoms with van der Waals surface area (Å²) in [4.78, 5) is 18.2. The van der Waals surface area contributed by atoms with Crippen molar-refractivity contribution in [1.82, 2.24) is 0 Å².